The second-order valence-electron chi connectivity index (χ2n) is 10.7. The van der Waals surface area contributed by atoms with Gasteiger partial charge in [-0.2, -0.15) is 5.10 Å². The third-order valence-corrected chi connectivity index (χ3v) is 7.46. The molecule has 11 nitrogen and oxygen atoms in total. The Hall–Kier alpha value is -4.12. The molecule has 1 amide bonds. The lowest BCUT2D eigenvalue weighted by Crippen LogP contribution is -2.47. The molecule has 4 aromatic heterocycles. The number of amides is 1. The summed E-state index contributed by atoms with van der Waals surface area (Å²) in [5.41, 5.74) is 6.11. The average Bonchev–Trinajstić information content (AvgIpc) is 3.53. The number of carbonyl (C=O) groups excluding carboxylic acids is 1. The molecule has 202 valence electrons. The SMILES string of the molecule is Cc1ncc(NC(=O)c2cc(C)n(C(C)C)n2)cc1-n1cc(-c2cncc(N3CCN(C4CC4)CC3)c2)nn1. The molecule has 6 rings (SSSR count). The van der Waals surface area contributed by atoms with E-state index in [2.05, 4.69) is 46.6 Å². The van der Waals surface area contributed by atoms with Crippen molar-refractivity contribution in [1.29, 1.82) is 0 Å². The first-order valence-electron chi connectivity index (χ1n) is 13.6. The second kappa shape index (κ2) is 10.2. The number of carbonyl (C=O) groups is 1. The van der Waals surface area contributed by atoms with Gasteiger partial charge >= 0.3 is 0 Å². The van der Waals surface area contributed by atoms with Crippen molar-refractivity contribution >= 4 is 17.3 Å². The minimum absolute atomic E-state index is 0.175. The summed E-state index contributed by atoms with van der Waals surface area (Å²) in [7, 11) is 0. The van der Waals surface area contributed by atoms with Gasteiger partial charge < -0.3 is 10.2 Å². The van der Waals surface area contributed by atoms with E-state index in [-0.39, 0.29) is 11.9 Å². The van der Waals surface area contributed by atoms with Crippen molar-refractivity contribution < 1.29 is 4.79 Å². The number of aromatic nitrogens is 7. The van der Waals surface area contributed by atoms with Gasteiger partial charge in [0.1, 0.15) is 5.69 Å². The molecule has 4 aromatic rings. The maximum atomic E-state index is 12.9. The van der Waals surface area contributed by atoms with Crippen LogP contribution in [0, 0.1) is 13.8 Å². The maximum absolute atomic E-state index is 12.9. The lowest BCUT2D eigenvalue weighted by molar-refractivity contribution is 0.102. The fourth-order valence-corrected chi connectivity index (χ4v) is 5.18. The van der Waals surface area contributed by atoms with Crippen LogP contribution in [0.25, 0.3) is 16.9 Å². The number of hydrogen-bond acceptors (Lipinski definition) is 8. The molecule has 0 bridgehead atoms. The molecule has 0 atom stereocenters. The summed E-state index contributed by atoms with van der Waals surface area (Å²) in [5, 5.41) is 16.1. The Labute approximate surface area is 227 Å². The second-order valence-corrected chi connectivity index (χ2v) is 10.7. The Bertz CT molecular complexity index is 1490. The molecule has 1 saturated heterocycles. The lowest BCUT2D eigenvalue weighted by atomic mass is 10.2. The normalized spacial score (nSPS) is 16.2. The monoisotopic (exact) mass is 526 g/mol. The van der Waals surface area contributed by atoms with Crippen LogP contribution in [-0.2, 0) is 0 Å². The quantitative estimate of drug-likeness (QED) is 0.389. The number of pyridine rings is 2. The summed E-state index contributed by atoms with van der Waals surface area (Å²) >= 11 is 0. The van der Waals surface area contributed by atoms with Crippen LogP contribution in [0.3, 0.4) is 0 Å². The molecule has 5 heterocycles. The van der Waals surface area contributed by atoms with Crippen LogP contribution < -0.4 is 10.2 Å². The van der Waals surface area contributed by atoms with E-state index in [1.54, 1.807) is 16.9 Å². The van der Waals surface area contributed by atoms with E-state index in [1.807, 2.05) is 57.0 Å². The van der Waals surface area contributed by atoms with Crippen molar-refractivity contribution in [1.82, 2.24) is 39.6 Å². The van der Waals surface area contributed by atoms with Gasteiger partial charge in [0.05, 0.1) is 41.3 Å². The molecule has 1 aliphatic carbocycles. The van der Waals surface area contributed by atoms with E-state index in [9.17, 15) is 4.79 Å². The Kier molecular flexibility index (Phi) is 6.59. The number of aryl methyl sites for hydroxylation is 2. The summed E-state index contributed by atoms with van der Waals surface area (Å²) in [6.07, 6.45) is 9.94. The topological polar surface area (TPSA) is 110 Å². The highest BCUT2D eigenvalue weighted by atomic mass is 16.2. The lowest BCUT2D eigenvalue weighted by Gasteiger charge is -2.36. The van der Waals surface area contributed by atoms with E-state index >= 15 is 0 Å². The van der Waals surface area contributed by atoms with E-state index in [0.717, 1.165) is 66.2 Å². The first-order chi connectivity index (χ1) is 18.9. The van der Waals surface area contributed by atoms with Crippen molar-refractivity contribution in [3.63, 3.8) is 0 Å². The van der Waals surface area contributed by atoms with E-state index in [1.165, 1.54) is 12.8 Å². The maximum Gasteiger partial charge on any atom is 0.276 e. The molecule has 1 saturated carbocycles. The van der Waals surface area contributed by atoms with Crippen molar-refractivity contribution in [2.45, 2.75) is 52.6 Å². The highest BCUT2D eigenvalue weighted by Gasteiger charge is 2.31. The van der Waals surface area contributed by atoms with Gasteiger partial charge in [0.15, 0.2) is 5.69 Å². The van der Waals surface area contributed by atoms with Crippen molar-refractivity contribution in [3.8, 4) is 16.9 Å². The zero-order valence-corrected chi connectivity index (χ0v) is 22.9. The summed E-state index contributed by atoms with van der Waals surface area (Å²) in [4.78, 5) is 26.9. The minimum atomic E-state index is -0.283. The Morgan fingerprint density at radius 1 is 1.03 bits per heavy atom. The van der Waals surface area contributed by atoms with Crippen LogP contribution in [0.5, 0.6) is 0 Å². The van der Waals surface area contributed by atoms with Crippen LogP contribution in [0.4, 0.5) is 11.4 Å². The summed E-state index contributed by atoms with van der Waals surface area (Å²) in [5.74, 6) is -0.283. The molecule has 0 aromatic carbocycles. The van der Waals surface area contributed by atoms with E-state index in [0.29, 0.717) is 11.4 Å². The van der Waals surface area contributed by atoms with Crippen LogP contribution in [0.15, 0.2) is 43.0 Å². The van der Waals surface area contributed by atoms with Gasteiger partial charge in [-0.15, -0.1) is 5.10 Å². The number of hydrogen-bond donors (Lipinski definition) is 1. The van der Waals surface area contributed by atoms with Crippen LogP contribution >= 0.6 is 0 Å². The zero-order chi connectivity index (χ0) is 27.1. The third kappa shape index (κ3) is 5.26. The predicted octanol–water partition coefficient (Wildman–Crippen LogP) is 3.66. The average molecular weight is 527 g/mol. The Morgan fingerprint density at radius 3 is 2.54 bits per heavy atom. The number of piperazine rings is 1. The molecule has 1 N–H and O–H groups in total. The molecular weight excluding hydrogens is 492 g/mol. The van der Waals surface area contributed by atoms with E-state index in [4.69, 9.17) is 0 Å². The van der Waals surface area contributed by atoms with Gasteiger partial charge in [0.2, 0.25) is 0 Å². The first-order valence-corrected chi connectivity index (χ1v) is 13.6. The third-order valence-electron chi connectivity index (χ3n) is 7.46. The predicted molar refractivity (Wildman–Crippen MR) is 149 cm³/mol. The summed E-state index contributed by atoms with van der Waals surface area (Å²) in [6, 6.07) is 6.75. The van der Waals surface area contributed by atoms with E-state index < -0.39 is 0 Å². The molecule has 39 heavy (non-hydrogen) atoms. The largest absolute Gasteiger partial charge is 0.368 e. The Morgan fingerprint density at radius 2 is 1.82 bits per heavy atom. The summed E-state index contributed by atoms with van der Waals surface area (Å²) in [6.45, 7) is 12.1. The molecule has 0 radical (unpaired) electrons. The highest BCUT2D eigenvalue weighted by Crippen LogP contribution is 2.29. The Balaban J connectivity index is 1.18. The van der Waals surface area contributed by atoms with Crippen LogP contribution in [0.2, 0.25) is 0 Å². The zero-order valence-electron chi connectivity index (χ0n) is 22.9. The van der Waals surface area contributed by atoms with Gasteiger partial charge in [-0.05, 0) is 58.7 Å². The van der Waals surface area contributed by atoms with Crippen LogP contribution in [-0.4, -0.2) is 77.8 Å². The van der Waals surface area contributed by atoms with Gasteiger partial charge in [-0.3, -0.25) is 24.3 Å². The van der Waals surface area contributed by atoms with Gasteiger partial charge in [-0.1, -0.05) is 5.21 Å². The molecule has 2 fully saturated rings. The van der Waals surface area contributed by atoms with Crippen molar-refractivity contribution in [3.05, 3.63) is 60.1 Å². The number of rotatable bonds is 7. The molecular formula is C28H34N10O. The van der Waals surface area contributed by atoms with Gasteiger partial charge in [-0.25, -0.2) is 4.68 Å². The highest BCUT2D eigenvalue weighted by molar-refractivity contribution is 6.03. The number of anilines is 2. The smallest absolute Gasteiger partial charge is 0.276 e. The van der Waals surface area contributed by atoms with Crippen molar-refractivity contribution in [2.24, 2.45) is 0 Å². The van der Waals surface area contributed by atoms with Crippen LogP contribution in [0.1, 0.15) is 54.6 Å². The molecule has 2 aliphatic rings. The molecule has 0 unspecified atom stereocenters. The van der Waals surface area contributed by atoms with Gasteiger partial charge in [0.25, 0.3) is 5.91 Å². The number of nitrogens with one attached hydrogen (secondary N) is 1. The molecule has 1 aliphatic heterocycles. The summed E-state index contributed by atoms with van der Waals surface area (Å²) < 4.78 is 3.52. The standard InChI is InChI=1S/C28H34N10O/c1-18(2)38-19(3)11-25(33-38)28(39)31-22-13-27(20(4)30-15-22)37-17-26(32-34-37)21-12-24(16-29-14-21)36-9-7-35(8-10-36)23-5-6-23/h11-18,23H,5-10H2,1-4H3,(H,31,39). The van der Waals surface area contributed by atoms with Crippen molar-refractivity contribution in [2.75, 3.05) is 36.4 Å². The first kappa shape index (κ1) is 25.2. The number of nitrogens with zero attached hydrogens (tertiary/aromatic N) is 9. The van der Waals surface area contributed by atoms with Gasteiger partial charge in [0, 0.05) is 55.7 Å². The molecule has 0 spiro atoms. The fraction of sp³-hybridized carbons (Fsp3) is 0.429. The minimum Gasteiger partial charge on any atom is -0.368 e. The fourth-order valence-electron chi connectivity index (χ4n) is 5.18. The molecule has 11 heteroatoms.